The van der Waals surface area contributed by atoms with Crippen molar-refractivity contribution in [2.75, 3.05) is 10.2 Å². The fourth-order valence-corrected chi connectivity index (χ4v) is 7.09. The van der Waals surface area contributed by atoms with E-state index in [0.29, 0.717) is 22.5 Å². The average Bonchev–Trinajstić information content (AvgIpc) is 3.22. The quantitative estimate of drug-likeness (QED) is 0.108. The summed E-state index contributed by atoms with van der Waals surface area (Å²) >= 11 is 0. The molecule has 0 radical (unpaired) electrons. The second kappa shape index (κ2) is 17.0. The van der Waals surface area contributed by atoms with Gasteiger partial charge in [-0.2, -0.15) is 4.58 Å². The van der Waals surface area contributed by atoms with Crippen molar-refractivity contribution in [2.45, 2.75) is 55.4 Å². The lowest BCUT2D eigenvalue weighted by Gasteiger charge is -2.35. The van der Waals surface area contributed by atoms with Crippen LogP contribution in [0.1, 0.15) is 55.5 Å². The molecule has 0 atom stereocenters. The number of hydrogen-bond acceptors (Lipinski definition) is 5. The monoisotopic (exact) mass is 794 g/mol. The smallest absolute Gasteiger partial charge is 0.226 e. The van der Waals surface area contributed by atoms with Crippen LogP contribution in [0.2, 0.25) is 0 Å². The maximum absolute atomic E-state index is 14.4. The third-order valence-corrected chi connectivity index (χ3v) is 10.7. The maximum atomic E-state index is 14.4. The summed E-state index contributed by atoms with van der Waals surface area (Å²) in [6.45, 7) is 15.3. The highest BCUT2D eigenvalue weighted by atomic mass is 16.3. The molecule has 60 heavy (non-hydrogen) atoms. The van der Waals surface area contributed by atoms with Gasteiger partial charge in [-0.1, -0.05) is 110 Å². The summed E-state index contributed by atoms with van der Waals surface area (Å²) in [5, 5.41) is 20.5. The van der Waals surface area contributed by atoms with Crippen molar-refractivity contribution in [2.24, 2.45) is 11.8 Å². The summed E-state index contributed by atoms with van der Waals surface area (Å²) < 4.78 is 2.07. The third kappa shape index (κ3) is 8.41. The van der Waals surface area contributed by atoms with E-state index in [1.54, 1.807) is 39.8 Å². The first kappa shape index (κ1) is 41.1. The van der Waals surface area contributed by atoms with Gasteiger partial charge in [0, 0.05) is 87.6 Å². The van der Waals surface area contributed by atoms with E-state index < -0.39 is 11.5 Å². The number of hydrogen-bond donors (Lipinski definition) is 2. The Morgan fingerprint density at radius 3 is 1.50 bits per heavy atom. The van der Waals surface area contributed by atoms with Crippen LogP contribution < -0.4 is 25.2 Å². The summed E-state index contributed by atoms with van der Waals surface area (Å²) in [6.07, 6.45) is 5.41. The molecular formula is C52H50N4O4. The molecule has 2 N–H and O–H groups in total. The minimum absolute atomic E-state index is 0.0287. The molecule has 0 aliphatic heterocycles. The molecule has 302 valence electrons. The minimum atomic E-state index is -0.469. The molecule has 0 heterocycles. The molecule has 5 aromatic carbocycles. The predicted molar refractivity (Wildman–Crippen MR) is 242 cm³/mol. The van der Waals surface area contributed by atoms with Gasteiger partial charge in [0.15, 0.2) is 5.78 Å². The number of carbonyl (C=O) groups is 3. The Hall–Kier alpha value is -7.06. The molecule has 0 saturated heterocycles. The molecule has 0 spiro atoms. The van der Waals surface area contributed by atoms with E-state index in [0.717, 1.165) is 56.4 Å². The second-order valence-corrected chi connectivity index (χ2v) is 16.2. The minimum Gasteiger partial charge on any atom is -0.871 e. The highest BCUT2D eigenvalue weighted by molar-refractivity contribution is 6.40. The average molecular weight is 795 g/mol. The third-order valence-electron chi connectivity index (χ3n) is 10.7. The Balaban J connectivity index is 1.37. The summed E-state index contributed by atoms with van der Waals surface area (Å²) in [6, 6.07) is 38.0. The van der Waals surface area contributed by atoms with Crippen molar-refractivity contribution in [3.05, 3.63) is 184 Å². The number of allylic oxidation sites excluding steroid dienone is 5. The molecule has 0 bridgehead atoms. The Morgan fingerprint density at radius 1 is 0.583 bits per heavy atom. The first-order valence-electron chi connectivity index (χ1n) is 20.3. The summed E-state index contributed by atoms with van der Waals surface area (Å²) in [5.41, 5.74) is 10.8. The van der Waals surface area contributed by atoms with Crippen molar-refractivity contribution in [3.63, 3.8) is 0 Å². The molecule has 0 fully saturated rings. The molecule has 8 nitrogen and oxygen atoms in total. The van der Waals surface area contributed by atoms with Crippen molar-refractivity contribution < 1.29 is 19.5 Å². The van der Waals surface area contributed by atoms with Gasteiger partial charge < -0.3 is 20.6 Å². The van der Waals surface area contributed by atoms with E-state index in [2.05, 4.69) is 20.1 Å². The predicted octanol–water partition coefficient (Wildman–Crippen LogP) is 10.1. The number of Topliss-reactive ketones (excluding diaryl/α,β-unsaturated/α-hetero) is 1. The molecule has 0 unspecified atom stereocenters. The lowest BCUT2D eigenvalue weighted by atomic mass is 9.78. The van der Waals surface area contributed by atoms with Gasteiger partial charge in [0.1, 0.15) is 0 Å². The molecule has 0 aromatic heterocycles. The zero-order valence-corrected chi connectivity index (χ0v) is 35.4. The van der Waals surface area contributed by atoms with Gasteiger partial charge in [0.2, 0.25) is 28.9 Å². The van der Waals surface area contributed by atoms with Crippen LogP contribution in [0.3, 0.4) is 0 Å². The standard InChI is InChI=1S/C52H50N4O4/c1-31(2)51(59)53-45-29-41(55(37-17-9-33(5)10-18-37)38-19-11-34(6)12-20-38)25-27-43(45)47-49(57)48(50(47)58)44-28-26-42(30-46(44)54-52(60)32(3)4)56(39-21-13-35(7)14-22-39)40-23-15-36(8)16-24-40/h9-32H,1-8H3,(H2,53,54,57,58,59,60). The number of amides is 2. The van der Waals surface area contributed by atoms with Gasteiger partial charge in [-0.25, -0.2) is 0 Å². The first-order chi connectivity index (χ1) is 28.7. The van der Waals surface area contributed by atoms with Crippen LogP contribution in [0.4, 0.5) is 34.1 Å². The molecule has 2 aliphatic carbocycles. The van der Waals surface area contributed by atoms with Gasteiger partial charge in [-0.3, -0.25) is 14.4 Å². The SMILES string of the molecule is Cc1ccc(N(c2ccc(C)cc2)c2ccc(C3=C([O-])/C(=C4/C=CC(=[N+](c5ccc(C)cc5)c5ccc(C)cc5)C=C4NC(=O)C(C)C)C3=O)c(NC(=O)C(C)C)c2)cc1. The molecule has 2 amide bonds. The number of nitrogens with zero attached hydrogens (tertiary/aromatic N) is 2. The lowest BCUT2D eigenvalue weighted by molar-refractivity contribution is -0.297. The highest BCUT2D eigenvalue weighted by Crippen LogP contribution is 2.44. The van der Waals surface area contributed by atoms with Crippen molar-refractivity contribution >= 4 is 63.0 Å². The Morgan fingerprint density at radius 2 is 1.03 bits per heavy atom. The summed E-state index contributed by atoms with van der Waals surface area (Å²) in [4.78, 5) is 43.1. The van der Waals surface area contributed by atoms with Gasteiger partial charge in [-0.15, -0.1) is 0 Å². The van der Waals surface area contributed by atoms with E-state index in [1.807, 2.05) is 149 Å². The Labute approximate surface area is 352 Å². The van der Waals surface area contributed by atoms with E-state index in [1.165, 1.54) is 0 Å². The molecule has 7 rings (SSSR count). The Kier molecular flexibility index (Phi) is 11.7. The van der Waals surface area contributed by atoms with Crippen LogP contribution >= 0.6 is 0 Å². The first-order valence-corrected chi connectivity index (χ1v) is 20.3. The van der Waals surface area contributed by atoms with Crippen molar-refractivity contribution in [1.82, 2.24) is 9.89 Å². The number of rotatable bonds is 10. The molecule has 8 heteroatoms. The fourth-order valence-electron chi connectivity index (χ4n) is 7.09. The van der Waals surface area contributed by atoms with Crippen LogP contribution in [-0.4, -0.2) is 23.3 Å². The van der Waals surface area contributed by atoms with Crippen LogP contribution in [0.25, 0.3) is 5.57 Å². The van der Waals surface area contributed by atoms with Gasteiger partial charge in [0.25, 0.3) is 0 Å². The molecule has 0 saturated carbocycles. The van der Waals surface area contributed by atoms with Crippen molar-refractivity contribution in [3.8, 4) is 0 Å². The second-order valence-electron chi connectivity index (χ2n) is 16.2. The van der Waals surface area contributed by atoms with E-state index in [9.17, 15) is 19.5 Å². The fraction of sp³-hybridized carbons (Fsp3) is 0.192. The number of nitrogens with one attached hydrogen (secondary N) is 2. The zero-order chi connectivity index (χ0) is 42.8. The van der Waals surface area contributed by atoms with Crippen LogP contribution in [0, 0.1) is 39.5 Å². The number of ketones is 1. The van der Waals surface area contributed by atoms with E-state index >= 15 is 0 Å². The molecule has 5 aromatic rings. The topological polar surface area (TPSA) is 105 Å². The number of carbonyl (C=O) groups excluding carboxylic acids is 3. The van der Waals surface area contributed by atoms with Gasteiger partial charge >= 0.3 is 0 Å². The van der Waals surface area contributed by atoms with Crippen LogP contribution in [-0.2, 0) is 14.4 Å². The summed E-state index contributed by atoms with van der Waals surface area (Å²) in [5.74, 6) is -2.17. The molecular weight excluding hydrogens is 745 g/mol. The van der Waals surface area contributed by atoms with Crippen LogP contribution in [0.15, 0.2) is 156 Å². The zero-order valence-electron chi connectivity index (χ0n) is 35.4. The Bertz CT molecular complexity index is 2570. The van der Waals surface area contributed by atoms with Crippen LogP contribution in [0.5, 0.6) is 0 Å². The number of anilines is 4. The highest BCUT2D eigenvalue weighted by Gasteiger charge is 2.35. The van der Waals surface area contributed by atoms with Gasteiger partial charge in [-0.05, 0) is 70.2 Å². The number of aryl methyl sites for hydroxylation is 4. The normalized spacial score (nSPS) is 14.9. The lowest BCUT2D eigenvalue weighted by Crippen LogP contribution is -2.35. The summed E-state index contributed by atoms with van der Waals surface area (Å²) in [7, 11) is 0. The van der Waals surface area contributed by atoms with Gasteiger partial charge in [0.05, 0.1) is 11.4 Å². The van der Waals surface area contributed by atoms with E-state index in [-0.39, 0.29) is 34.8 Å². The maximum Gasteiger partial charge on any atom is 0.226 e. The van der Waals surface area contributed by atoms with E-state index in [4.69, 9.17) is 0 Å². The molecule has 2 aliphatic rings. The van der Waals surface area contributed by atoms with Crippen molar-refractivity contribution in [1.29, 1.82) is 0 Å². The largest absolute Gasteiger partial charge is 0.871 e. The number of benzene rings is 5.